The average molecular weight is 248 g/mol. The average Bonchev–Trinajstić information content (AvgIpc) is 2.90. The summed E-state index contributed by atoms with van der Waals surface area (Å²) in [6.45, 7) is 8.30. The Morgan fingerprint density at radius 3 is 2.72 bits per heavy atom. The van der Waals surface area contributed by atoms with E-state index >= 15 is 0 Å². The first kappa shape index (κ1) is 12.8. The van der Waals surface area contributed by atoms with E-state index in [1.54, 1.807) is 6.33 Å². The Kier molecular flexibility index (Phi) is 3.76. The van der Waals surface area contributed by atoms with E-state index in [0.717, 1.165) is 24.5 Å². The summed E-state index contributed by atoms with van der Waals surface area (Å²) >= 11 is 0. The van der Waals surface area contributed by atoms with Crippen LogP contribution in [0, 0.1) is 13.8 Å². The molecule has 18 heavy (non-hydrogen) atoms. The molecule has 0 aliphatic carbocycles. The van der Waals surface area contributed by atoms with Gasteiger partial charge in [-0.05, 0) is 39.3 Å². The molecule has 0 radical (unpaired) electrons. The van der Waals surface area contributed by atoms with E-state index in [4.69, 9.17) is 5.73 Å². The highest BCUT2D eigenvalue weighted by atomic mass is 15.4. The van der Waals surface area contributed by atoms with Gasteiger partial charge in [-0.3, -0.25) is 4.68 Å². The highest BCUT2D eigenvalue weighted by molar-refractivity contribution is 5.25. The monoisotopic (exact) mass is 248 g/mol. The van der Waals surface area contributed by atoms with E-state index < -0.39 is 0 Å². The lowest BCUT2D eigenvalue weighted by molar-refractivity contribution is 0.559. The molecule has 2 aromatic heterocycles. The molecule has 6 heteroatoms. The van der Waals surface area contributed by atoms with Gasteiger partial charge in [0.15, 0.2) is 0 Å². The van der Waals surface area contributed by atoms with Crippen molar-refractivity contribution in [3.05, 3.63) is 29.1 Å². The van der Waals surface area contributed by atoms with Crippen LogP contribution >= 0.6 is 0 Å². The van der Waals surface area contributed by atoms with Crippen LogP contribution in [0.1, 0.15) is 29.7 Å². The number of hydrogen-bond donors (Lipinski definition) is 1. The highest BCUT2D eigenvalue weighted by Crippen LogP contribution is 2.14. The van der Waals surface area contributed by atoms with Crippen LogP contribution in [0.15, 0.2) is 6.33 Å². The molecule has 0 aliphatic heterocycles. The van der Waals surface area contributed by atoms with E-state index in [9.17, 15) is 0 Å². The van der Waals surface area contributed by atoms with Crippen molar-refractivity contribution in [2.24, 2.45) is 5.73 Å². The van der Waals surface area contributed by atoms with Crippen LogP contribution in [-0.4, -0.2) is 31.1 Å². The van der Waals surface area contributed by atoms with Crippen LogP contribution in [0.2, 0.25) is 0 Å². The first-order valence-corrected chi connectivity index (χ1v) is 6.27. The Balaban J connectivity index is 2.27. The summed E-state index contributed by atoms with van der Waals surface area (Å²) in [6, 6.07) is 0. The summed E-state index contributed by atoms with van der Waals surface area (Å²) in [5.74, 6) is 0.933. The van der Waals surface area contributed by atoms with Crippen molar-refractivity contribution in [3.63, 3.8) is 0 Å². The van der Waals surface area contributed by atoms with Crippen molar-refractivity contribution < 1.29 is 0 Å². The molecule has 0 amide bonds. The molecule has 0 aliphatic rings. The molecule has 0 atom stereocenters. The minimum absolute atomic E-state index is 0.651. The summed E-state index contributed by atoms with van der Waals surface area (Å²) < 4.78 is 3.87. The highest BCUT2D eigenvalue weighted by Gasteiger charge is 2.12. The van der Waals surface area contributed by atoms with E-state index in [1.165, 1.54) is 11.3 Å². The van der Waals surface area contributed by atoms with Crippen LogP contribution in [0.4, 0.5) is 0 Å². The quantitative estimate of drug-likeness (QED) is 0.843. The number of aromatic nitrogens is 5. The molecule has 0 spiro atoms. The van der Waals surface area contributed by atoms with Crippen LogP contribution < -0.4 is 5.73 Å². The van der Waals surface area contributed by atoms with Gasteiger partial charge in [0.05, 0.1) is 5.69 Å². The third kappa shape index (κ3) is 2.28. The maximum absolute atomic E-state index is 5.63. The van der Waals surface area contributed by atoms with Crippen molar-refractivity contribution in [2.45, 2.75) is 40.3 Å². The number of aryl methyl sites for hydroxylation is 2. The Bertz CT molecular complexity index is 525. The van der Waals surface area contributed by atoms with Gasteiger partial charge in [-0.15, -0.1) is 0 Å². The smallest absolute Gasteiger partial charge is 0.148 e. The van der Waals surface area contributed by atoms with Gasteiger partial charge in [-0.25, -0.2) is 9.67 Å². The number of nitrogens with two attached hydrogens (primary N) is 1. The molecule has 2 rings (SSSR count). The van der Waals surface area contributed by atoms with Crippen molar-refractivity contribution in [2.75, 3.05) is 6.54 Å². The van der Waals surface area contributed by atoms with Crippen LogP contribution in [0.5, 0.6) is 0 Å². The predicted molar refractivity (Wildman–Crippen MR) is 69.3 cm³/mol. The molecule has 0 saturated carbocycles. The van der Waals surface area contributed by atoms with Crippen molar-refractivity contribution in [3.8, 4) is 0 Å². The molecular weight excluding hydrogens is 228 g/mol. The Morgan fingerprint density at radius 1 is 1.28 bits per heavy atom. The number of nitrogens with zero attached hydrogens (tertiary/aromatic N) is 5. The third-order valence-electron chi connectivity index (χ3n) is 3.21. The second kappa shape index (κ2) is 5.30. The van der Waals surface area contributed by atoms with Crippen molar-refractivity contribution >= 4 is 0 Å². The zero-order chi connectivity index (χ0) is 13.1. The molecule has 2 aromatic rings. The van der Waals surface area contributed by atoms with Gasteiger partial charge < -0.3 is 5.73 Å². The zero-order valence-electron chi connectivity index (χ0n) is 11.2. The predicted octanol–water partition coefficient (Wildman–Crippen LogP) is 0.661. The lowest BCUT2D eigenvalue weighted by Gasteiger charge is -2.06. The first-order valence-electron chi connectivity index (χ1n) is 6.27. The van der Waals surface area contributed by atoms with Crippen molar-refractivity contribution in [1.29, 1.82) is 0 Å². The molecule has 0 aromatic carbocycles. The van der Waals surface area contributed by atoms with Gasteiger partial charge in [0, 0.05) is 12.2 Å². The van der Waals surface area contributed by atoms with Crippen LogP contribution in [-0.2, 0) is 19.5 Å². The first-order chi connectivity index (χ1) is 8.67. The second-order valence-electron chi connectivity index (χ2n) is 4.34. The lowest BCUT2D eigenvalue weighted by atomic mass is 10.1. The molecule has 0 unspecified atom stereocenters. The molecular formula is C12H20N6. The third-order valence-corrected chi connectivity index (χ3v) is 3.21. The minimum Gasteiger partial charge on any atom is -0.330 e. The molecule has 0 saturated heterocycles. The number of hydrogen-bond acceptors (Lipinski definition) is 4. The van der Waals surface area contributed by atoms with E-state index in [2.05, 4.69) is 29.0 Å². The SMILES string of the molecule is CCn1ncnc1Cn1nc(C)c(CCN)c1C. The summed E-state index contributed by atoms with van der Waals surface area (Å²) in [7, 11) is 0. The second-order valence-corrected chi connectivity index (χ2v) is 4.34. The fourth-order valence-corrected chi connectivity index (χ4v) is 2.20. The zero-order valence-corrected chi connectivity index (χ0v) is 11.2. The largest absolute Gasteiger partial charge is 0.330 e. The van der Waals surface area contributed by atoms with Crippen LogP contribution in [0.3, 0.4) is 0 Å². The topological polar surface area (TPSA) is 74.5 Å². The van der Waals surface area contributed by atoms with Crippen LogP contribution in [0.25, 0.3) is 0 Å². The van der Waals surface area contributed by atoms with Crippen molar-refractivity contribution in [1.82, 2.24) is 24.5 Å². The standard InChI is InChI=1S/C12H20N6/c1-4-17-12(14-8-15-17)7-18-10(3)11(5-6-13)9(2)16-18/h8H,4-7,13H2,1-3H3. The fourth-order valence-electron chi connectivity index (χ4n) is 2.20. The molecule has 6 nitrogen and oxygen atoms in total. The summed E-state index contributed by atoms with van der Waals surface area (Å²) in [4.78, 5) is 4.27. The summed E-state index contributed by atoms with van der Waals surface area (Å²) in [5.41, 5.74) is 9.10. The summed E-state index contributed by atoms with van der Waals surface area (Å²) in [6.07, 6.45) is 2.46. The van der Waals surface area contributed by atoms with Gasteiger partial charge in [-0.2, -0.15) is 10.2 Å². The Labute approximate surface area is 107 Å². The summed E-state index contributed by atoms with van der Waals surface area (Å²) in [5, 5.41) is 8.73. The molecule has 2 N–H and O–H groups in total. The maximum Gasteiger partial charge on any atom is 0.148 e. The van der Waals surface area contributed by atoms with E-state index in [0.29, 0.717) is 13.1 Å². The molecule has 2 heterocycles. The van der Waals surface area contributed by atoms with Gasteiger partial charge in [0.25, 0.3) is 0 Å². The Morgan fingerprint density at radius 2 is 2.06 bits per heavy atom. The molecule has 98 valence electrons. The van der Waals surface area contributed by atoms with Gasteiger partial charge in [0.2, 0.25) is 0 Å². The maximum atomic E-state index is 5.63. The molecule has 0 fully saturated rings. The Hall–Kier alpha value is -1.69. The van der Waals surface area contributed by atoms with E-state index in [1.807, 2.05) is 16.3 Å². The van der Waals surface area contributed by atoms with E-state index in [-0.39, 0.29) is 0 Å². The molecule has 0 bridgehead atoms. The lowest BCUT2D eigenvalue weighted by Crippen LogP contribution is -2.11. The number of rotatable bonds is 5. The normalized spacial score (nSPS) is 11.1. The van der Waals surface area contributed by atoms with Gasteiger partial charge >= 0.3 is 0 Å². The van der Waals surface area contributed by atoms with Gasteiger partial charge in [-0.1, -0.05) is 0 Å². The fraction of sp³-hybridized carbons (Fsp3) is 0.583. The minimum atomic E-state index is 0.651. The van der Waals surface area contributed by atoms with Gasteiger partial charge in [0.1, 0.15) is 18.7 Å².